The van der Waals surface area contributed by atoms with Gasteiger partial charge in [-0.25, -0.2) is 0 Å². The molecule has 0 saturated carbocycles. The highest BCUT2D eigenvalue weighted by Gasteiger charge is 2.16. The highest BCUT2D eigenvalue weighted by molar-refractivity contribution is 9.10. The molecule has 100 valence electrons. The number of rotatable bonds is 6. The summed E-state index contributed by atoms with van der Waals surface area (Å²) in [5, 5.41) is 13.8. The summed E-state index contributed by atoms with van der Waals surface area (Å²) >= 11 is 3.31. The Kier molecular flexibility index (Phi) is 5.10. The van der Waals surface area contributed by atoms with Crippen molar-refractivity contribution in [1.82, 2.24) is 0 Å². The minimum atomic E-state index is -0.414. The van der Waals surface area contributed by atoms with Gasteiger partial charge >= 0.3 is 0 Å². The van der Waals surface area contributed by atoms with Crippen molar-refractivity contribution in [2.24, 2.45) is 0 Å². The molecular weight excluding hydrogens is 300 g/mol. The number of nitro benzene ring substituents is 1. The first kappa shape index (κ1) is 14.9. The Bertz CT molecular complexity index is 435. The first-order chi connectivity index (χ1) is 8.35. The van der Waals surface area contributed by atoms with Gasteiger partial charge in [0.15, 0.2) is 0 Å². The summed E-state index contributed by atoms with van der Waals surface area (Å²) in [6.07, 6.45) is 0.840. The molecule has 1 aromatic rings. The lowest BCUT2D eigenvalue weighted by molar-refractivity contribution is -0.384. The van der Waals surface area contributed by atoms with E-state index in [-0.39, 0.29) is 11.3 Å². The van der Waals surface area contributed by atoms with Crippen molar-refractivity contribution in [2.45, 2.75) is 25.9 Å². The van der Waals surface area contributed by atoms with Gasteiger partial charge < -0.3 is 10.1 Å². The summed E-state index contributed by atoms with van der Waals surface area (Å²) in [6.45, 7) is 4.76. The average Bonchev–Trinajstić information content (AvgIpc) is 2.31. The number of anilines is 1. The Morgan fingerprint density at radius 2 is 2.17 bits per heavy atom. The van der Waals surface area contributed by atoms with E-state index in [0.717, 1.165) is 18.7 Å². The monoisotopic (exact) mass is 316 g/mol. The van der Waals surface area contributed by atoms with Crippen LogP contribution in [0, 0.1) is 10.1 Å². The molecule has 1 N–H and O–H groups in total. The zero-order valence-electron chi connectivity index (χ0n) is 10.7. The number of nitrogens with one attached hydrogen (secondary N) is 1. The van der Waals surface area contributed by atoms with Crippen molar-refractivity contribution in [3.8, 4) is 0 Å². The van der Waals surface area contributed by atoms with E-state index >= 15 is 0 Å². The molecule has 0 atom stereocenters. The number of non-ortho nitro benzene ring substituents is 1. The second-order valence-corrected chi connectivity index (χ2v) is 5.42. The maximum absolute atomic E-state index is 10.6. The standard InChI is InChI=1S/C12H17BrN2O3/c1-12(2,18-3)6-7-14-11-5-4-9(15(16)17)8-10(11)13/h4-5,8,14H,6-7H2,1-3H3. The Morgan fingerprint density at radius 1 is 1.50 bits per heavy atom. The number of nitrogens with zero attached hydrogens (tertiary/aromatic N) is 1. The van der Waals surface area contributed by atoms with Crippen LogP contribution in [-0.2, 0) is 4.74 Å². The summed E-state index contributed by atoms with van der Waals surface area (Å²) in [7, 11) is 1.68. The molecule has 1 rings (SSSR count). The Labute approximate surface area is 115 Å². The predicted molar refractivity (Wildman–Crippen MR) is 75.0 cm³/mol. The lowest BCUT2D eigenvalue weighted by atomic mass is 10.1. The number of ether oxygens (including phenoxy) is 1. The lowest BCUT2D eigenvalue weighted by Crippen LogP contribution is -2.25. The quantitative estimate of drug-likeness (QED) is 0.643. The van der Waals surface area contributed by atoms with E-state index in [2.05, 4.69) is 21.2 Å². The van der Waals surface area contributed by atoms with Gasteiger partial charge in [0, 0.05) is 35.9 Å². The van der Waals surface area contributed by atoms with Gasteiger partial charge in [-0.2, -0.15) is 0 Å². The Morgan fingerprint density at radius 3 is 2.67 bits per heavy atom. The third kappa shape index (κ3) is 4.27. The zero-order valence-corrected chi connectivity index (χ0v) is 12.3. The third-order valence-corrected chi connectivity index (χ3v) is 3.41. The van der Waals surface area contributed by atoms with E-state index in [1.165, 1.54) is 12.1 Å². The maximum Gasteiger partial charge on any atom is 0.270 e. The van der Waals surface area contributed by atoms with E-state index in [9.17, 15) is 10.1 Å². The summed E-state index contributed by atoms with van der Waals surface area (Å²) < 4.78 is 6.00. The number of methoxy groups -OCH3 is 1. The van der Waals surface area contributed by atoms with Crippen molar-refractivity contribution >= 4 is 27.3 Å². The number of halogens is 1. The summed E-state index contributed by atoms with van der Waals surface area (Å²) in [4.78, 5) is 10.2. The van der Waals surface area contributed by atoms with Crippen LogP contribution in [0.4, 0.5) is 11.4 Å². The Hall–Kier alpha value is -1.14. The second kappa shape index (κ2) is 6.15. The van der Waals surface area contributed by atoms with Gasteiger partial charge in [-0.05, 0) is 42.3 Å². The first-order valence-electron chi connectivity index (χ1n) is 5.59. The van der Waals surface area contributed by atoms with E-state index in [4.69, 9.17) is 4.74 Å². The van der Waals surface area contributed by atoms with E-state index in [1.54, 1.807) is 13.2 Å². The molecular formula is C12H17BrN2O3. The predicted octanol–water partition coefficient (Wildman–Crippen LogP) is 3.58. The number of hydrogen-bond donors (Lipinski definition) is 1. The molecule has 0 fully saturated rings. The van der Waals surface area contributed by atoms with E-state index in [0.29, 0.717) is 4.47 Å². The fourth-order valence-electron chi connectivity index (χ4n) is 1.36. The molecule has 0 heterocycles. The molecule has 6 heteroatoms. The molecule has 0 spiro atoms. The van der Waals surface area contributed by atoms with Crippen LogP contribution >= 0.6 is 15.9 Å². The first-order valence-corrected chi connectivity index (χ1v) is 6.38. The van der Waals surface area contributed by atoms with Gasteiger partial charge in [-0.1, -0.05) is 0 Å². The highest BCUT2D eigenvalue weighted by Crippen LogP contribution is 2.27. The van der Waals surface area contributed by atoms with Crippen LogP contribution in [0.2, 0.25) is 0 Å². The molecule has 0 amide bonds. The molecule has 0 aliphatic carbocycles. The minimum Gasteiger partial charge on any atom is -0.384 e. The average molecular weight is 317 g/mol. The smallest absolute Gasteiger partial charge is 0.270 e. The molecule has 0 bridgehead atoms. The fraction of sp³-hybridized carbons (Fsp3) is 0.500. The van der Waals surface area contributed by atoms with Crippen molar-refractivity contribution in [3.63, 3.8) is 0 Å². The maximum atomic E-state index is 10.6. The van der Waals surface area contributed by atoms with E-state index in [1.807, 2.05) is 13.8 Å². The van der Waals surface area contributed by atoms with Crippen molar-refractivity contribution in [3.05, 3.63) is 32.8 Å². The summed E-state index contributed by atoms with van der Waals surface area (Å²) in [6, 6.07) is 4.67. The molecule has 5 nitrogen and oxygen atoms in total. The summed E-state index contributed by atoms with van der Waals surface area (Å²) in [5.74, 6) is 0. The molecule has 0 unspecified atom stereocenters. The van der Waals surface area contributed by atoms with Crippen LogP contribution in [0.25, 0.3) is 0 Å². The Balaban J connectivity index is 2.61. The van der Waals surface area contributed by atoms with Gasteiger partial charge in [-0.3, -0.25) is 10.1 Å². The van der Waals surface area contributed by atoms with Crippen LogP contribution in [-0.4, -0.2) is 24.2 Å². The van der Waals surface area contributed by atoms with Crippen molar-refractivity contribution in [2.75, 3.05) is 19.0 Å². The molecule has 0 aliphatic rings. The van der Waals surface area contributed by atoms with Crippen LogP contribution < -0.4 is 5.32 Å². The molecule has 0 aromatic heterocycles. The zero-order chi connectivity index (χ0) is 13.8. The van der Waals surface area contributed by atoms with Crippen molar-refractivity contribution < 1.29 is 9.66 Å². The van der Waals surface area contributed by atoms with Crippen molar-refractivity contribution in [1.29, 1.82) is 0 Å². The van der Waals surface area contributed by atoms with Gasteiger partial charge in [0.1, 0.15) is 0 Å². The molecule has 0 saturated heterocycles. The number of benzene rings is 1. The normalized spacial score (nSPS) is 11.3. The third-order valence-electron chi connectivity index (χ3n) is 2.76. The van der Waals surface area contributed by atoms with E-state index < -0.39 is 4.92 Å². The fourth-order valence-corrected chi connectivity index (χ4v) is 1.87. The van der Waals surface area contributed by atoms with Crippen LogP contribution in [0.5, 0.6) is 0 Å². The lowest BCUT2D eigenvalue weighted by Gasteiger charge is -2.23. The summed E-state index contributed by atoms with van der Waals surface area (Å²) in [5.41, 5.74) is 0.734. The highest BCUT2D eigenvalue weighted by atomic mass is 79.9. The van der Waals surface area contributed by atoms with Gasteiger partial charge in [0.05, 0.1) is 10.5 Å². The number of hydrogen-bond acceptors (Lipinski definition) is 4. The van der Waals surface area contributed by atoms with Gasteiger partial charge in [-0.15, -0.1) is 0 Å². The van der Waals surface area contributed by atoms with Gasteiger partial charge in [0.2, 0.25) is 0 Å². The molecule has 1 aromatic carbocycles. The number of nitro groups is 1. The molecule has 0 radical (unpaired) electrons. The second-order valence-electron chi connectivity index (χ2n) is 4.56. The molecule has 18 heavy (non-hydrogen) atoms. The van der Waals surface area contributed by atoms with Crippen LogP contribution in [0.1, 0.15) is 20.3 Å². The minimum absolute atomic E-state index is 0.0737. The molecule has 0 aliphatic heterocycles. The van der Waals surface area contributed by atoms with Gasteiger partial charge in [0.25, 0.3) is 5.69 Å². The van der Waals surface area contributed by atoms with Crippen LogP contribution in [0.3, 0.4) is 0 Å². The SMILES string of the molecule is COC(C)(C)CCNc1ccc([N+](=O)[O-])cc1Br. The topological polar surface area (TPSA) is 64.4 Å². The van der Waals surface area contributed by atoms with Crippen LogP contribution in [0.15, 0.2) is 22.7 Å². The largest absolute Gasteiger partial charge is 0.384 e.